The van der Waals surface area contributed by atoms with E-state index in [0.29, 0.717) is 6.07 Å². The molecule has 0 fully saturated rings. The Bertz CT molecular complexity index is 855. The minimum absolute atomic E-state index is 0.0912. The summed E-state index contributed by atoms with van der Waals surface area (Å²) in [6, 6.07) is 5.39. The SMILES string of the molecule is O=C(O)c1ccc(F)c(S(=O)(=O)Nc2ccc(F)c(Cl)c2)c1. The summed E-state index contributed by atoms with van der Waals surface area (Å²) in [5.41, 5.74) is -0.481. The molecular weight excluding hydrogens is 340 g/mol. The fourth-order valence-electron chi connectivity index (χ4n) is 1.61. The van der Waals surface area contributed by atoms with Crippen LogP contribution in [0.1, 0.15) is 10.4 Å². The first kappa shape index (κ1) is 16.2. The van der Waals surface area contributed by atoms with Gasteiger partial charge in [0.05, 0.1) is 16.3 Å². The zero-order chi connectivity index (χ0) is 16.5. The van der Waals surface area contributed by atoms with Gasteiger partial charge in [-0.05, 0) is 36.4 Å². The number of benzene rings is 2. The molecule has 0 atom stereocenters. The standard InChI is InChI=1S/C13H8ClF2NO4S/c14-9-6-8(2-4-10(9)15)17-22(20,21)12-5-7(13(18)19)1-3-11(12)16/h1-6,17H,(H,18,19). The molecule has 2 rings (SSSR count). The molecule has 0 aliphatic rings. The van der Waals surface area contributed by atoms with Crippen molar-refractivity contribution in [2.45, 2.75) is 4.90 Å². The molecule has 0 aromatic heterocycles. The first-order chi connectivity index (χ1) is 10.2. The van der Waals surface area contributed by atoms with Crippen LogP contribution in [-0.2, 0) is 10.0 Å². The molecular formula is C13H8ClF2NO4S. The Hall–Kier alpha value is -2.19. The molecule has 0 unspecified atom stereocenters. The average molecular weight is 348 g/mol. The van der Waals surface area contributed by atoms with Gasteiger partial charge in [0.15, 0.2) is 0 Å². The van der Waals surface area contributed by atoms with Crippen LogP contribution in [0, 0.1) is 11.6 Å². The van der Waals surface area contributed by atoms with Gasteiger partial charge >= 0.3 is 5.97 Å². The van der Waals surface area contributed by atoms with E-state index in [0.717, 1.165) is 30.3 Å². The van der Waals surface area contributed by atoms with Crippen LogP contribution < -0.4 is 4.72 Å². The molecule has 0 radical (unpaired) electrons. The zero-order valence-electron chi connectivity index (χ0n) is 10.7. The zero-order valence-corrected chi connectivity index (χ0v) is 12.3. The predicted molar refractivity (Wildman–Crippen MR) is 75.6 cm³/mol. The number of hydrogen-bond donors (Lipinski definition) is 2. The third kappa shape index (κ3) is 3.34. The maximum absolute atomic E-state index is 13.7. The van der Waals surface area contributed by atoms with Crippen LogP contribution >= 0.6 is 11.6 Å². The topological polar surface area (TPSA) is 83.5 Å². The van der Waals surface area contributed by atoms with Crippen molar-refractivity contribution in [3.8, 4) is 0 Å². The highest BCUT2D eigenvalue weighted by atomic mass is 35.5. The molecule has 9 heteroatoms. The van der Waals surface area contributed by atoms with Crippen LogP contribution in [0.5, 0.6) is 0 Å². The third-order valence-corrected chi connectivity index (χ3v) is 4.33. The second kappa shape index (κ2) is 5.90. The molecule has 2 aromatic rings. The van der Waals surface area contributed by atoms with Crippen molar-refractivity contribution in [3.05, 3.63) is 58.6 Å². The van der Waals surface area contributed by atoms with E-state index in [2.05, 4.69) is 0 Å². The van der Waals surface area contributed by atoms with Gasteiger partial charge in [0.25, 0.3) is 10.0 Å². The van der Waals surface area contributed by atoms with Gasteiger partial charge in [-0.3, -0.25) is 4.72 Å². The van der Waals surface area contributed by atoms with Crippen molar-refractivity contribution >= 4 is 33.3 Å². The van der Waals surface area contributed by atoms with Gasteiger partial charge in [0.1, 0.15) is 16.5 Å². The van der Waals surface area contributed by atoms with Crippen molar-refractivity contribution in [1.82, 2.24) is 0 Å². The van der Waals surface area contributed by atoms with Gasteiger partial charge in [-0.2, -0.15) is 0 Å². The van der Waals surface area contributed by atoms with Gasteiger partial charge < -0.3 is 5.11 Å². The Morgan fingerprint density at radius 2 is 1.73 bits per heavy atom. The number of carboxylic acids is 1. The van der Waals surface area contributed by atoms with Gasteiger partial charge in [-0.1, -0.05) is 11.6 Å². The van der Waals surface area contributed by atoms with E-state index < -0.39 is 32.5 Å². The van der Waals surface area contributed by atoms with Crippen molar-refractivity contribution in [1.29, 1.82) is 0 Å². The highest BCUT2D eigenvalue weighted by Gasteiger charge is 2.21. The van der Waals surface area contributed by atoms with Crippen LogP contribution in [0.4, 0.5) is 14.5 Å². The minimum Gasteiger partial charge on any atom is -0.478 e. The largest absolute Gasteiger partial charge is 0.478 e. The number of rotatable bonds is 4. The summed E-state index contributed by atoms with van der Waals surface area (Å²) in [6.45, 7) is 0. The number of halogens is 3. The van der Waals surface area contributed by atoms with E-state index in [-0.39, 0.29) is 16.3 Å². The van der Waals surface area contributed by atoms with E-state index in [4.69, 9.17) is 16.7 Å². The van der Waals surface area contributed by atoms with E-state index in [9.17, 15) is 22.0 Å². The van der Waals surface area contributed by atoms with Crippen LogP contribution in [-0.4, -0.2) is 19.5 Å². The molecule has 0 spiro atoms. The van der Waals surface area contributed by atoms with Crippen molar-refractivity contribution in [3.63, 3.8) is 0 Å². The summed E-state index contributed by atoms with van der Waals surface area (Å²) in [4.78, 5) is 10.00. The van der Waals surface area contributed by atoms with E-state index in [1.165, 1.54) is 0 Å². The summed E-state index contributed by atoms with van der Waals surface area (Å²) < 4.78 is 52.9. The average Bonchev–Trinajstić information content (AvgIpc) is 2.42. The smallest absolute Gasteiger partial charge is 0.335 e. The summed E-state index contributed by atoms with van der Waals surface area (Å²) in [5.74, 6) is -3.27. The number of carboxylic acid groups (broad SMARTS) is 1. The number of aromatic carboxylic acids is 1. The van der Waals surface area contributed by atoms with Gasteiger partial charge in [-0.15, -0.1) is 0 Å². The third-order valence-electron chi connectivity index (χ3n) is 2.64. The fourth-order valence-corrected chi connectivity index (χ4v) is 2.95. The van der Waals surface area contributed by atoms with Gasteiger partial charge in [0, 0.05) is 0 Å². The summed E-state index contributed by atoms with van der Waals surface area (Å²) in [5, 5.41) is 8.51. The van der Waals surface area contributed by atoms with Crippen LogP contribution in [0.25, 0.3) is 0 Å². The number of carbonyl (C=O) groups is 1. The van der Waals surface area contributed by atoms with E-state index in [1.807, 2.05) is 4.72 Å². The summed E-state index contributed by atoms with van der Waals surface area (Å²) in [7, 11) is -4.40. The molecule has 0 amide bonds. The molecule has 116 valence electrons. The monoisotopic (exact) mass is 347 g/mol. The normalized spacial score (nSPS) is 11.2. The summed E-state index contributed by atoms with van der Waals surface area (Å²) in [6.07, 6.45) is 0. The lowest BCUT2D eigenvalue weighted by molar-refractivity contribution is 0.0696. The van der Waals surface area contributed by atoms with Crippen molar-refractivity contribution < 1.29 is 27.1 Å². The molecule has 2 aromatic carbocycles. The maximum atomic E-state index is 13.7. The molecule has 5 nitrogen and oxygen atoms in total. The Balaban J connectivity index is 2.44. The van der Waals surface area contributed by atoms with E-state index in [1.54, 1.807) is 0 Å². The molecule has 0 aliphatic carbocycles. The number of sulfonamides is 1. The Morgan fingerprint density at radius 3 is 2.32 bits per heavy atom. The second-order valence-corrected chi connectivity index (χ2v) is 6.24. The fraction of sp³-hybridized carbons (Fsp3) is 0. The van der Waals surface area contributed by atoms with Crippen molar-refractivity contribution in [2.24, 2.45) is 0 Å². The Kier molecular flexibility index (Phi) is 4.34. The molecule has 0 aliphatic heterocycles. The Labute approximate surface area is 129 Å². The molecule has 0 saturated heterocycles. The minimum atomic E-state index is -4.40. The lowest BCUT2D eigenvalue weighted by Crippen LogP contribution is -2.15. The van der Waals surface area contributed by atoms with Crippen LogP contribution in [0.15, 0.2) is 41.3 Å². The lowest BCUT2D eigenvalue weighted by Gasteiger charge is -2.10. The number of hydrogen-bond acceptors (Lipinski definition) is 3. The predicted octanol–water partition coefficient (Wildman–Crippen LogP) is 3.12. The Morgan fingerprint density at radius 1 is 1.09 bits per heavy atom. The lowest BCUT2D eigenvalue weighted by atomic mass is 10.2. The highest BCUT2D eigenvalue weighted by molar-refractivity contribution is 7.92. The molecule has 2 N–H and O–H groups in total. The van der Waals surface area contributed by atoms with Gasteiger partial charge in [-0.25, -0.2) is 22.0 Å². The number of anilines is 1. The second-order valence-electron chi connectivity index (χ2n) is 4.18. The van der Waals surface area contributed by atoms with Crippen LogP contribution in [0.2, 0.25) is 5.02 Å². The van der Waals surface area contributed by atoms with Gasteiger partial charge in [0.2, 0.25) is 0 Å². The molecule has 0 bridgehead atoms. The molecule has 22 heavy (non-hydrogen) atoms. The summed E-state index contributed by atoms with van der Waals surface area (Å²) >= 11 is 5.53. The van der Waals surface area contributed by atoms with E-state index >= 15 is 0 Å². The number of nitrogens with one attached hydrogen (secondary N) is 1. The maximum Gasteiger partial charge on any atom is 0.335 e. The van der Waals surface area contributed by atoms with Crippen LogP contribution in [0.3, 0.4) is 0 Å². The quantitative estimate of drug-likeness (QED) is 0.890. The first-order valence-electron chi connectivity index (χ1n) is 5.71. The molecule has 0 heterocycles. The van der Waals surface area contributed by atoms with Crippen molar-refractivity contribution in [2.75, 3.05) is 4.72 Å². The first-order valence-corrected chi connectivity index (χ1v) is 7.57. The highest BCUT2D eigenvalue weighted by Crippen LogP contribution is 2.24. The molecule has 0 saturated carbocycles.